The van der Waals surface area contributed by atoms with Crippen LogP contribution in [-0.2, 0) is 27.2 Å². The van der Waals surface area contributed by atoms with E-state index in [2.05, 4.69) is 31.3 Å². The zero-order valence-electron chi connectivity index (χ0n) is 22.3. The van der Waals surface area contributed by atoms with E-state index in [1.807, 2.05) is 42.5 Å². The largest absolute Gasteiger partial charge is 0.496 e. The quantitative estimate of drug-likeness (QED) is 0.559. The van der Waals surface area contributed by atoms with E-state index in [0.717, 1.165) is 37.0 Å². The second-order valence-corrected chi connectivity index (χ2v) is 11.7. The highest BCUT2D eigenvalue weighted by molar-refractivity contribution is 5.76. The lowest BCUT2D eigenvalue weighted by Gasteiger charge is -2.63. The van der Waals surface area contributed by atoms with Gasteiger partial charge in [-0.1, -0.05) is 62.4 Å². The number of rotatable bonds is 7. The van der Waals surface area contributed by atoms with Gasteiger partial charge >= 0.3 is 0 Å². The molecule has 1 saturated heterocycles. The smallest absolute Gasteiger partial charge is 0.220 e. The van der Waals surface area contributed by atoms with Crippen LogP contribution in [-0.4, -0.2) is 43.2 Å². The van der Waals surface area contributed by atoms with E-state index in [0.29, 0.717) is 31.9 Å². The molecule has 0 spiro atoms. The molecule has 3 aliphatic rings. The Morgan fingerprint density at radius 2 is 1.81 bits per heavy atom. The fraction of sp³-hybridized carbons (Fsp3) is 0.581. The van der Waals surface area contributed by atoms with Crippen molar-refractivity contribution in [3.63, 3.8) is 0 Å². The Balaban J connectivity index is 1.25. The summed E-state index contributed by atoms with van der Waals surface area (Å²) >= 11 is 0. The minimum absolute atomic E-state index is 0.0248. The van der Waals surface area contributed by atoms with Gasteiger partial charge in [-0.3, -0.25) is 4.79 Å². The standard InChI is InChI=1S/C31H41NO5/c1-30-16-15-27-31(2,20-36-29(37-27)17-21-9-5-4-6-10-21)26(30)14-13-24(33)23(30)18-28(34)32-19-22-11-7-8-12-25(22)35-3/h4-12,23-24,26-27,29,33H,13-20H2,1-3H3,(H,32,34)/t23-,24-,26?,27-,29-,30+,31+/m1/s1. The molecule has 2 aromatic carbocycles. The third-order valence-corrected chi connectivity index (χ3v) is 9.55. The normalized spacial score (nSPS) is 35.2. The number of fused-ring (bicyclic) bond motifs is 3. The number of carbonyl (C=O) groups excluding carboxylic acids is 1. The molecule has 0 bridgehead atoms. The van der Waals surface area contributed by atoms with Crippen molar-refractivity contribution in [1.82, 2.24) is 5.32 Å². The van der Waals surface area contributed by atoms with E-state index in [9.17, 15) is 9.90 Å². The number of aliphatic hydroxyl groups excluding tert-OH is 1. The van der Waals surface area contributed by atoms with Crippen molar-refractivity contribution in [2.75, 3.05) is 13.7 Å². The van der Waals surface area contributed by atoms with E-state index in [4.69, 9.17) is 14.2 Å². The molecule has 0 radical (unpaired) electrons. The first-order valence-corrected chi connectivity index (χ1v) is 13.7. The molecule has 6 heteroatoms. The molecular formula is C31H41NO5. The van der Waals surface area contributed by atoms with Crippen LogP contribution < -0.4 is 10.1 Å². The van der Waals surface area contributed by atoms with Crippen LogP contribution in [0.3, 0.4) is 0 Å². The summed E-state index contributed by atoms with van der Waals surface area (Å²) < 4.78 is 18.3. The number of hydrogen-bond acceptors (Lipinski definition) is 5. The lowest BCUT2D eigenvalue weighted by Crippen LogP contribution is -2.63. The third kappa shape index (κ3) is 5.16. The Labute approximate surface area is 220 Å². The predicted molar refractivity (Wildman–Crippen MR) is 142 cm³/mol. The van der Waals surface area contributed by atoms with Crippen molar-refractivity contribution in [2.45, 2.75) is 77.4 Å². The lowest BCUT2D eigenvalue weighted by atomic mass is 9.46. The number of nitrogens with one attached hydrogen (secondary N) is 1. The van der Waals surface area contributed by atoms with Gasteiger partial charge in [-0.15, -0.1) is 0 Å². The summed E-state index contributed by atoms with van der Waals surface area (Å²) in [6.45, 7) is 5.65. The molecule has 37 heavy (non-hydrogen) atoms. The molecular weight excluding hydrogens is 466 g/mol. The van der Waals surface area contributed by atoms with Gasteiger partial charge in [0.1, 0.15) is 5.75 Å². The molecule has 7 atom stereocenters. The Morgan fingerprint density at radius 3 is 2.59 bits per heavy atom. The molecule has 5 rings (SSSR count). The van der Waals surface area contributed by atoms with E-state index < -0.39 is 6.10 Å². The number of aliphatic hydroxyl groups is 1. The lowest BCUT2D eigenvalue weighted by molar-refractivity contribution is -0.308. The maximum absolute atomic E-state index is 13.1. The van der Waals surface area contributed by atoms with Crippen LogP contribution in [0.1, 0.15) is 57.1 Å². The second kappa shape index (κ2) is 10.8. The summed E-state index contributed by atoms with van der Waals surface area (Å²) in [6, 6.07) is 18.1. The molecule has 2 aliphatic carbocycles. The molecule has 6 nitrogen and oxygen atoms in total. The first kappa shape index (κ1) is 26.2. The van der Waals surface area contributed by atoms with Gasteiger partial charge in [0.15, 0.2) is 6.29 Å². The van der Waals surface area contributed by atoms with Crippen LogP contribution in [0.15, 0.2) is 54.6 Å². The molecule has 1 heterocycles. The minimum atomic E-state index is -0.477. The Kier molecular flexibility index (Phi) is 7.62. The first-order chi connectivity index (χ1) is 17.8. The van der Waals surface area contributed by atoms with Crippen molar-refractivity contribution in [3.05, 3.63) is 65.7 Å². The Morgan fingerprint density at radius 1 is 1.05 bits per heavy atom. The highest BCUT2D eigenvalue weighted by Gasteiger charge is 2.61. The predicted octanol–water partition coefficient (Wildman–Crippen LogP) is 4.88. The van der Waals surface area contributed by atoms with Crippen molar-refractivity contribution >= 4 is 5.91 Å². The monoisotopic (exact) mass is 507 g/mol. The summed E-state index contributed by atoms with van der Waals surface area (Å²) in [5, 5.41) is 14.2. The van der Waals surface area contributed by atoms with Crippen molar-refractivity contribution in [3.8, 4) is 5.75 Å². The van der Waals surface area contributed by atoms with Gasteiger partial charge in [-0.05, 0) is 54.6 Å². The summed E-state index contributed by atoms with van der Waals surface area (Å²) in [6.07, 6.45) is 4.00. The zero-order valence-corrected chi connectivity index (χ0v) is 22.3. The highest BCUT2D eigenvalue weighted by atomic mass is 16.7. The molecule has 2 aromatic rings. The van der Waals surface area contributed by atoms with Crippen LogP contribution in [0, 0.1) is 22.7 Å². The van der Waals surface area contributed by atoms with Crippen LogP contribution in [0.5, 0.6) is 5.75 Å². The van der Waals surface area contributed by atoms with Gasteiger partial charge in [-0.25, -0.2) is 0 Å². The molecule has 1 amide bonds. The topological polar surface area (TPSA) is 77.0 Å². The number of amides is 1. The maximum atomic E-state index is 13.1. The molecule has 1 unspecified atom stereocenters. The third-order valence-electron chi connectivity index (χ3n) is 9.55. The van der Waals surface area contributed by atoms with Crippen LogP contribution >= 0.6 is 0 Å². The highest BCUT2D eigenvalue weighted by Crippen LogP contribution is 2.62. The van der Waals surface area contributed by atoms with Gasteiger partial charge < -0.3 is 24.6 Å². The molecule has 2 N–H and O–H groups in total. The molecule has 200 valence electrons. The number of ether oxygens (including phenoxy) is 3. The molecule has 1 aliphatic heterocycles. The number of para-hydroxylation sites is 1. The van der Waals surface area contributed by atoms with E-state index >= 15 is 0 Å². The van der Waals surface area contributed by atoms with Gasteiger partial charge in [0.05, 0.1) is 25.9 Å². The van der Waals surface area contributed by atoms with E-state index in [-0.39, 0.29) is 35.0 Å². The Bertz CT molecular complexity index is 1080. The average Bonchev–Trinajstić information content (AvgIpc) is 2.90. The number of benzene rings is 2. The maximum Gasteiger partial charge on any atom is 0.220 e. The van der Waals surface area contributed by atoms with E-state index in [1.54, 1.807) is 7.11 Å². The number of hydrogen-bond donors (Lipinski definition) is 2. The van der Waals surface area contributed by atoms with Crippen LogP contribution in [0.2, 0.25) is 0 Å². The fourth-order valence-electron chi connectivity index (χ4n) is 7.51. The SMILES string of the molecule is COc1ccccc1CNC(=O)C[C@@H]1[C@H](O)CCC2[C@]3(C)CO[C@@H](Cc4ccccc4)O[C@@H]3CC[C@]21C. The summed E-state index contributed by atoms with van der Waals surface area (Å²) in [7, 11) is 1.64. The second-order valence-electron chi connectivity index (χ2n) is 11.7. The zero-order chi connectivity index (χ0) is 26.0. The molecule has 3 fully saturated rings. The number of methoxy groups -OCH3 is 1. The van der Waals surface area contributed by atoms with Crippen molar-refractivity contribution < 1.29 is 24.1 Å². The fourth-order valence-corrected chi connectivity index (χ4v) is 7.51. The van der Waals surface area contributed by atoms with Crippen molar-refractivity contribution in [2.24, 2.45) is 22.7 Å². The van der Waals surface area contributed by atoms with Gasteiger partial charge in [0.2, 0.25) is 5.91 Å². The minimum Gasteiger partial charge on any atom is -0.496 e. The molecule has 0 aromatic heterocycles. The summed E-state index contributed by atoms with van der Waals surface area (Å²) in [4.78, 5) is 13.1. The van der Waals surface area contributed by atoms with Gasteiger partial charge in [0.25, 0.3) is 0 Å². The average molecular weight is 508 g/mol. The number of carbonyl (C=O) groups is 1. The van der Waals surface area contributed by atoms with Gasteiger partial charge in [0, 0.05) is 30.4 Å². The van der Waals surface area contributed by atoms with Crippen LogP contribution in [0.25, 0.3) is 0 Å². The summed E-state index contributed by atoms with van der Waals surface area (Å²) in [5.41, 5.74) is 1.88. The van der Waals surface area contributed by atoms with Crippen LogP contribution in [0.4, 0.5) is 0 Å². The molecule has 2 saturated carbocycles. The first-order valence-electron chi connectivity index (χ1n) is 13.7. The van der Waals surface area contributed by atoms with Crippen molar-refractivity contribution in [1.29, 1.82) is 0 Å². The van der Waals surface area contributed by atoms with Gasteiger partial charge in [-0.2, -0.15) is 0 Å². The Hall–Kier alpha value is -2.41. The summed E-state index contributed by atoms with van der Waals surface area (Å²) in [5.74, 6) is 0.973. The van der Waals surface area contributed by atoms with E-state index in [1.165, 1.54) is 5.56 Å².